The maximum Gasteiger partial charge on any atom is 0.257 e. The maximum absolute atomic E-state index is 14.2. The van der Waals surface area contributed by atoms with Crippen molar-refractivity contribution in [1.82, 2.24) is 15.5 Å². The monoisotopic (exact) mass is 359 g/mol. The van der Waals surface area contributed by atoms with Gasteiger partial charge < -0.3 is 9.84 Å². The summed E-state index contributed by atoms with van der Waals surface area (Å²) < 4.78 is 19.3. The molecule has 3 rings (SSSR count). The van der Waals surface area contributed by atoms with Crippen LogP contribution in [-0.4, -0.2) is 16.0 Å². The van der Waals surface area contributed by atoms with E-state index in [1.165, 1.54) is 18.2 Å². The SMILES string of the molecule is Cc1onc(-c2c(F)cccc2Cl)c1C(=O)NC(C)c1ccccn1. The number of hydrogen-bond acceptors (Lipinski definition) is 4. The Kier molecular flexibility index (Phi) is 4.81. The van der Waals surface area contributed by atoms with Gasteiger partial charge in [0.05, 0.1) is 22.3 Å². The highest BCUT2D eigenvalue weighted by Gasteiger charge is 2.26. The quantitative estimate of drug-likeness (QED) is 0.752. The molecule has 0 aliphatic rings. The summed E-state index contributed by atoms with van der Waals surface area (Å²) in [6, 6.07) is 9.36. The zero-order chi connectivity index (χ0) is 18.0. The van der Waals surface area contributed by atoms with E-state index in [2.05, 4.69) is 15.5 Å². The van der Waals surface area contributed by atoms with Gasteiger partial charge in [-0.05, 0) is 38.1 Å². The number of amides is 1. The van der Waals surface area contributed by atoms with Gasteiger partial charge in [-0.2, -0.15) is 0 Å². The van der Waals surface area contributed by atoms with Crippen molar-refractivity contribution in [3.05, 3.63) is 70.5 Å². The molecule has 0 spiro atoms. The van der Waals surface area contributed by atoms with Gasteiger partial charge in [0.25, 0.3) is 5.91 Å². The standard InChI is InChI=1S/C18H15ClFN3O2/c1-10(14-8-3-4-9-21-14)22-18(24)15-11(2)25-23-17(15)16-12(19)6-5-7-13(16)20/h3-10H,1-2H3,(H,22,24). The molecule has 1 aromatic carbocycles. The van der Waals surface area contributed by atoms with E-state index in [-0.39, 0.29) is 33.6 Å². The molecule has 0 aliphatic carbocycles. The summed E-state index contributed by atoms with van der Waals surface area (Å²) in [6.45, 7) is 3.39. The van der Waals surface area contributed by atoms with Gasteiger partial charge in [0.15, 0.2) is 0 Å². The van der Waals surface area contributed by atoms with Gasteiger partial charge in [0, 0.05) is 6.20 Å². The molecule has 128 valence electrons. The first-order valence-corrected chi connectivity index (χ1v) is 7.99. The molecule has 0 bridgehead atoms. The van der Waals surface area contributed by atoms with Crippen LogP contribution < -0.4 is 5.32 Å². The summed E-state index contributed by atoms with van der Waals surface area (Å²) in [5.41, 5.74) is 0.966. The Balaban J connectivity index is 1.96. The van der Waals surface area contributed by atoms with Crippen LogP contribution in [0.15, 0.2) is 47.1 Å². The van der Waals surface area contributed by atoms with Crippen LogP contribution in [0.25, 0.3) is 11.3 Å². The third-order valence-corrected chi connectivity index (χ3v) is 4.08. The van der Waals surface area contributed by atoms with Gasteiger partial charge in [0.1, 0.15) is 22.8 Å². The number of rotatable bonds is 4. The molecule has 0 radical (unpaired) electrons. The summed E-state index contributed by atoms with van der Waals surface area (Å²) in [6.07, 6.45) is 1.65. The number of aryl methyl sites for hydroxylation is 1. The largest absolute Gasteiger partial charge is 0.360 e. The topological polar surface area (TPSA) is 68.0 Å². The third-order valence-electron chi connectivity index (χ3n) is 3.77. The number of carbonyl (C=O) groups is 1. The molecular formula is C18H15ClFN3O2. The van der Waals surface area contributed by atoms with E-state index in [4.69, 9.17) is 16.1 Å². The minimum Gasteiger partial charge on any atom is -0.360 e. The van der Waals surface area contributed by atoms with Gasteiger partial charge in [-0.15, -0.1) is 0 Å². The molecule has 0 fully saturated rings. The van der Waals surface area contributed by atoms with Crippen molar-refractivity contribution < 1.29 is 13.7 Å². The first kappa shape index (κ1) is 17.1. The van der Waals surface area contributed by atoms with Gasteiger partial charge in [-0.3, -0.25) is 9.78 Å². The van der Waals surface area contributed by atoms with Crippen LogP contribution in [0, 0.1) is 12.7 Å². The van der Waals surface area contributed by atoms with E-state index in [1.807, 2.05) is 6.07 Å². The molecule has 5 nitrogen and oxygen atoms in total. The van der Waals surface area contributed by atoms with Crippen molar-refractivity contribution in [2.75, 3.05) is 0 Å². The molecule has 1 N–H and O–H groups in total. The fraction of sp³-hybridized carbons (Fsp3) is 0.167. The fourth-order valence-electron chi connectivity index (χ4n) is 2.51. The predicted molar refractivity (Wildman–Crippen MR) is 91.8 cm³/mol. The van der Waals surface area contributed by atoms with Crippen LogP contribution in [0.3, 0.4) is 0 Å². The number of carbonyl (C=O) groups excluding carboxylic acids is 1. The lowest BCUT2D eigenvalue weighted by Gasteiger charge is -2.13. The lowest BCUT2D eigenvalue weighted by Crippen LogP contribution is -2.27. The number of aromatic nitrogens is 2. The highest BCUT2D eigenvalue weighted by atomic mass is 35.5. The summed E-state index contributed by atoms with van der Waals surface area (Å²) in [7, 11) is 0. The highest BCUT2D eigenvalue weighted by molar-refractivity contribution is 6.33. The van der Waals surface area contributed by atoms with Crippen LogP contribution >= 0.6 is 11.6 Å². The molecule has 0 saturated heterocycles. The van der Waals surface area contributed by atoms with E-state index in [0.29, 0.717) is 5.69 Å². The van der Waals surface area contributed by atoms with Gasteiger partial charge >= 0.3 is 0 Å². The van der Waals surface area contributed by atoms with Crippen molar-refractivity contribution in [2.24, 2.45) is 0 Å². The number of pyridine rings is 1. The number of halogens is 2. The highest BCUT2D eigenvalue weighted by Crippen LogP contribution is 2.33. The van der Waals surface area contributed by atoms with Gasteiger partial charge in [-0.1, -0.05) is 28.9 Å². The number of benzene rings is 1. The minimum atomic E-state index is -0.576. The Morgan fingerprint density at radius 1 is 1.28 bits per heavy atom. The predicted octanol–water partition coefficient (Wildman–Crippen LogP) is 4.33. The van der Waals surface area contributed by atoms with Crippen LogP contribution in [0.2, 0.25) is 5.02 Å². The summed E-state index contributed by atoms with van der Waals surface area (Å²) in [5.74, 6) is -0.737. The first-order chi connectivity index (χ1) is 12.0. The second-order valence-corrected chi connectivity index (χ2v) is 5.92. The summed E-state index contributed by atoms with van der Waals surface area (Å²) in [5, 5.41) is 6.81. The molecular weight excluding hydrogens is 345 g/mol. The lowest BCUT2D eigenvalue weighted by molar-refractivity contribution is 0.0938. The van der Waals surface area contributed by atoms with Gasteiger partial charge in [0.2, 0.25) is 0 Å². The fourth-order valence-corrected chi connectivity index (χ4v) is 2.76. The number of nitrogens with one attached hydrogen (secondary N) is 1. The lowest BCUT2D eigenvalue weighted by atomic mass is 10.0. The normalized spacial score (nSPS) is 12.0. The van der Waals surface area contributed by atoms with E-state index < -0.39 is 11.7 Å². The van der Waals surface area contributed by atoms with Crippen molar-refractivity contribution in [3.63, 3.8) is 0 Å². The molecule has 3 aromatic rings. The Bertz CT molecular complexity index is 892. The maximum atomic E-state index is 14.2. The number of hydrogen-bond donors (Lipinski definition) is 1. The Hall–Kier alpha value is -2.73. The molecule has 0 saturated carbocycles. The Labute approximate surface area is 148 Å². The Morgan fingerprint density at radius 3 is 2.76 bits per heavy atom. The molecule has 1 amide bonds. The van der Waals surface area contributed by atoms with Crippen molar-refractivity contribution in [1.29, 1.82) is 0 Å². The van der Waals surface area contributed by atoms with Crippen molar-refractivity contribution >= 4 is 17.5 Å². The molecule has 25 heavy (non-hydrogen) atoms. The molecule has 7 heteroatoms. The zero-order valence-corrected chi connectivity index (χ0v) is 14.3. The van der Waals surface area contributed by atoms with Crippen LogP contribution in [0.1, 0.15) is 34.8 Å². The minimum absolute atomic E-state index is 0.0386. The van der Waals surface area contributed by atoms with Crippen LogP contribution in [0.5, 0.6) is 0 Å². The molecule has 1 atom stereocenters. The van der Waals surface area contributed by atoms with Crippen LogP contribution in [-0.2, 0) is 0 Å². The first-order valence-electron chi connectivity index (χ1n) is 7.61. The zero-order valence-electron chi connectivity index (χ0n) is 13.6. The van der Waals surface area contributed by atoms with Gasteiger partial charge in [-0.25, -0.2) is 4.39 Å². The van der Waals surface area contributed by atoms with Crippen molar-refractivity contribution in [2.45, 2.75) is 19.9 Å². The smallest absolute Gasteiger partial charge is 0.257 e. The average Bonchev–Trinajstić information content (AvgIpc) is 2.97. The van der Waals surface area contributed by atoms with E-state index in [9.17, 15) is 9.18 Å². The molecule has 0 aliphatic heterocycles. The van der Waals surface area contributed by atoms with E-state index in [1.54, 1.807) is 32.2 Å². The molecule has 2 heterocycles. The van der Waals surface area contributed by atoms with E-state index in [0.717, 1.165) is 0 Å². The van der Waals surface area contributed by atoms with E-state index >= 15 is 0 Å². The molecule has 2 aromatic heterocycles. The second kappa shape index (κ2) is 7.03. The van der Waals surface area contributed by atoms with Crippen molar-refractivity contribution in [3.8, 4) is 11.3 Å². The summed E-state index contributed by atoms with van der Waals surface area (Å²) >= 11 is 6.09. The van der Waals surface area contributed by atoms with Crippen LogP contribution in [0.4, 0.5) is 4.39 Å². The Morgan fingerprint density at radius 2 is 2.08 bits per heavy atom. The average molecular weight is 360 g/mol. The third kappa shape index (κ3) is 3.39. The second-order valence-electron chi connectivity index (χ2n) is 5.51. The summed E-state index contributed by atoms with van der Waals surface area (Å²) in [4.78, 5) is 16.9. The number of nitrogens with zero attached hydrogens (tertiary/aromatic N) is 2. The molecule has 1 unspecified atom stereocenters.